The minimum Gasteiger partial charge on any atom is -0.479 e. The van der Waals surface area contributed by atoms with Crippen LogP contribution >= 0.6 is 23.2 Å². The monoisotopic (exact) mass is 323 g/mol. The summed E-state index contributed by atoms with van der Waals surface area (Å²) in [5.41, 5.74) is 0.620. The van der Waals surface area contributed by atoms with Gasteiger partial charge >= 0.3 is 0 Å². The van der Waals surface area contributed by atoms with E-state index in [0.717, 1.165) is 0 Å². The van der Waals surface area contributed by atoms with Crippen molar-refractivity contribution in [2.24, 2.45) is 0 Å². The molecule has 0 saturated carbocycles. The van der Waals surface area contributed by atoms with Gasteiger partial charge in [-0.2, -0.15) is 0 Å². The summed E-state index contributed by atoms with van der Waals surface area (Å²) in [5, 5.41) is 3.74. The molecule has 1 heterocycles. The minimum absolute atomic E-state index is 0.169. The zero-order valence-electron chi connectivity index (χ0n) is 11.0. The van der Waals surface area contributed by atoms with E-state index in [1.54, 1.807) is 43.3 Å². The first kappa shape index (κ1) is 14.0. The Bertz CT molecular complexity index is 698. The Labute approximate surface area is 131 Å². The smallest absolute Gasteiger partial charge is 0.265 e. The van der Waals surface area contributed by atoms with Crippen molar-refractivity contribution in [3.8, 4) is 17.2 Å². The van der Waals surface area contributed by atoms with Crippen molar-refractivity contribution in [1.29, 1.82) is 0 Å². The van der Waals surface area contributed by atoms with Gasteiger partial charge in [-0.3, -0.25) is 4.79 Å². The largest absolute Gasteiger partial charge is 0.479 e. The molecule has 0 fully saturated rings. The number of nitrogens with one attached hydrogen (secondary N) is 1. The first-order chi connectivity index (χ1) is 10.0. The molecule has 0 aromatic heterocycles. The van der Waals surface area contributed by atoms with Gasteiger partial charge in [0, 0.05) is 16.1 Å². The van der Waals surface area contributed by atoms with E-state index in [2.05, 4.69) is 5.32 Å². The van der Waals surface area contributed by atoms with Gasteiger partial charge in [-0.25, -0.2) is 0 Å². The standard InChI is InChI=1S/C15H11Cl2NO3/c1-8-15(19)18-13-3-2-11(7-14(13)20-8)21-12-5-9(16)4-10(17)6-12/h2-8H,1H3,(H,18,19). The molecule has 0 spiro atoms. The van der Waals surface area contributed by atoms with Crippen LogP contribution in [0.3, 0.4) is 0 Å². The van der Waals surface area contributed by atoms with Gasteiger partial charge in [0.05, 0.1) is 5.69 Å². The fourth-order valence-corrected chi connectivity index (χ4v) is 2.47. The fraction of sp³-hybridized carbons (Fsp3) is 0.133. The molecule has 0 bridgehead atoms. The molecule has 1 aliphatic heterocycles. The summed E-state index contributed by atoms with van der Waals surface area (Å²) >= 11 is 11.9. The van der Waals surface area contributed by atoms with E-state index in [1.807, 2.05) is 0 Å². The number of hydrogen-bond acceptors (Lipinski definition) is 3. The number of carbonyl (C=O) groups excluding carboxylic acids is 1. The quantitative estimate of drug-likeness (QED) is 0.884. The van der Waals surface area contributed by atoms with Crippen LogP contribution in [-0.2, 0) is 4.79 Å². The van der Waals surface area contributed by atoms with Crippen LogP contribution < -0.4 is 14.8 Å². The minimum atomic E-state index is -0.534. The summed E-state index contributed by atoms with van der Waals surface area (Å²) in [4.78, 5) is 11.5. The molecule has 1 amide bonds. The Hall–Kier alpha value is -1.91. The molecule has 0 radical (unpaired) electrons. The molecule has 1 unspecified atom stereocenters. The molecular formula is C15H11Cl2NO3. The SMILES string of the molecule is CC1Oc2cc(Oc3cc(Cl)cc(Cl)c3)ccc2NC1=O. The van der Waals surface area contributed by atoms with E-state index in [9.17, 15) is 4.79 Å². The Balaban J connectivity index is 1.87. The van der Waals surface area contributed by atoms with Gasteiger partial charge in [0.25, 0.3) is 5.91 Å². The number of fused-ring (bicyclic) bond motifs is 1. The predicted molar refractivity (Wildman–Crippen MR) is 81.7 cm³/mol. The maximum atomic E-state index is 11.5. The molecule has 0 aliphatic carbocycles. The van der Waals surface area contributed by atoms with Crippen molar-refractivity contribution in [3.05, 3.63) is 46.4 Å². The third-order valence-corrected chi connectivity index (χ3v) is 3.39. The summed E-state index contributed by atoms with van der Waals surface area (Å²) in [6, 6.07) is 10.1. The molecule has 3 rings (SSSR count). The number of hydrogen-bond donors (Lipinski definition) is 1. The number of halogens is 2. The second kappa shape index (κ2) is 5.47. The first-order valence-electron chi connectivity index (χ1n) is 6.27. The highest BCUT2D eigenvalue weighted by atomic mass is 35.5. The van der Waals surface area contributed by atoms with Crippen LogP contribution in [0.2, 0.25) is 10.0 Å². The average Bonchev–Trinajstić information content (AvgIpc) is 2.39. The van der Waals surface area contributed by atoms with Crippen molar-refractivity contribution < 1.29 is 14.3 Å². The van der Waals surface area contributed by atoms with Crippen molar-refractivity contribution in [2.75, 3.05) is 5.32 Å². The molecule has 1 N–H and O–H groups in total. The van der Waals surface area contributed by atoms with E-state index in [1.165, 1.54) is 0 Å². The van der Waals surface area contributed by atoms with Crippen molar-refractivity contribution in [1.82, 2.24) is 0 Å². The number of ether oxygens (including phenoxy) is 2. The Kier molecular flexibility index (Phi) is 3.66. The summed E-state index contributed by atoms with van der Waals surface area (Å²) in [7, 11) is 0. The van der Waals surface area contributed by atoms with E-state index >= 15 is 0 Å². The molecule has 2 aromatic carbocycles. The molecule has 0 saturated heterocycles. The first-order valence-corrected chi connectivity index (χ1v) is 7.02. The topological polar surface area (TPSA) is 47.6 Å². The highest BCUT2D eigenvalue weighted by Gasteiger charge is 2.23. The van der Waals surface area contributed by atoms with Crippen LogP contribution in [0.15, 0.2) is 36.4 Å². The molecule has 108 valence electrons. The lowest BCUT2D eigenvalue weighted by molar-refractivity contribution is -0.122. The zero-order chi connectivity index (χ0) is 15.0. The van der Waals surface area contributed by atoms with Crippen LogP contribution in [0.25, 0.3) is 0 Å². The van der Waals surface area contributed by atoms with Gasteiger partial charge in [-0.15, -0.1) is 0 Å². The lowest BCUT2D eigenvalue weighted by Crippen LogP contribution is -2.34. The molecule has 6 heteroatoms. The summed E-state index contributed by atoms with van der Waals surface area (Å²) in [5.74, 6) is 1.49. The third kappa shape index (κ3) is 3.06. The second-order valence-corrected chi connectivity index (χ2v) is 5.49. The van der Waals surface area contributed by atoms with E-state index < -0.39 is 6.10 Å². The Morgan fingerprint density at radius 1 is 1.10 bits per heavy atom. The lowest BCUT2D eigenvalue weighted by Gasteiger charge is -2.23. The maximum absolute atomic E-state index is 11.5. The average molecular weight is 324 g/mol. The molecule has 2 aromatic rings. The van der Waals surface area contributed by atoms with Crippen LogP contribution in [0.4, 0.5) is 5.69 Å². The fourth-order valence-electron chi connectivity index (χ4n) is 1.97. The molecule has 1 atom stereocenters. The van der Waals surface area contributed by atoms with Gasteiger partial charge < -0.3 is 14.8 Å². The van der Waals surface area contributed by atoms with Crippen LogP contribution in [0.5, 0.6) is 17.2 Å². The lowest BCUT2D eigenvalue weighted by atomic mass is 10.2. The van der Waals surface area contributed by atoms with Crippen LogP contribution in [-0.4, -0.2) is 12.0 Å². The third-order valence-electron chi connectivity index (χ3n) is 2.96. The number of anilines is 1. The highest BCUT2D eigenvalue weighted by Crippen LogP contribution is 2.35. The zero-order valence-corrected chi connectivity index (χ0v) is 12.5. The van der Waals surface area contributed by atoms with Crippen molar-refractivity contribution >= 4 is 34.8 Å². The number of carbonyl (C=O) groups is 1. The number of amides is 1. The van der Waals surface area contributed by atoms with E-state index in [4.69, 9.17) is 32.7 Å². The Morgan fingerprint density at radius 3 is 2.52 bits per heavy atom. The van der Waals surface area contributed by atoms with Gasteiger partial charge in [0.2, 0.25) is 0 Å². The maximum Gasteiger partial charge on any atom is 0.265 e. The normalized spacial score (nSPS) is 16.7. The second-order valence-electron chi connectivity index (χ2n) is 4.61. The van der Waals surface area contributed by atoms with E-state index in [0.29, 0.717) is 33.0 Å². The van der Waals surface area contributed by atoms with Crippen LogP contribution in [0.1, 0.15) is 6.92 Å². The molecule has 4 nitrogen and oxygen atoms in total. The molecular weight excluding hydrogens is 313 g/mol. The van der Waals surface area contributed by atoms with Crippen LogP contribution in [0, 0.1) is 0 Å². The van der Waals surface area contributed by atoms with E-state index in [-0.39, 0.29) is 5.91 Å². The number of benzene rings is 2. The number of rotatable bonds is 2. The van der Waals surface area contributed by atoms with Crippen molar-refractivity contribution in [2.45, 2.75) is 13.0 Å². The highest BCUT2D eigenvalue weighted by molar-refractivity contribution is 6.34. The van der Waals surface area contributed by atoms with Gasteiger partial charge in [0.1, 0.15) is 17.2 Å². The van der Waals surface area contributed by atoms with Gasteiger partial charge in [-0.1, -0.05) is 23.2 Å². The van der Waals surface area contributed by atoms with Gasteiger partial charge in [0.15, 0.2) is 6.10 Å². The van der Waals surface area contributed by atoms with Gasteiger partial charge in [-0.05, 0) is 37.3 Å². The van der Waals surface area contributed by atoms with Crippen molar-refractivity contribution in [3.63, 3.8) is 0 Å². The predicted octanol–water partition coefficient (Wildman–Crippen LogP) is 4.51. The summed E-state index contributed by atoms with van der Waals surface area (Å²) < 4.78 is 11.2. The molecule has 1 aliphatic rings. The summed E-state index contributed by atoms with van der Waals surface area (Å²) in [6.45, 7) is 1.68. The molecule has 21 heavy (non-hydrogen) atoms. The summed E-state index contributed by atoms with van der Waals surface area (Å²) in [6.07, 6.45) is -0.534. The Morgan fingerprint density at radius 2 is 1.81 bits per heavy atom.